The van der Waals surface area contributed by atoms with Gasteiger partial charge >= 0.3 is 0 Å². The Balaban J connectivity index is 1.57. The lowest BCUT2D eigenvalue weighted by Gasteiger charge is -2.35. The quantitative estimate of drug-likeness (QED) is 0.729. The molecular formula is C20H22N4O2. The zero-order chi connectivity index (χ0) is 18.1. The van der Waals surface area contributed by atoms with E-state index in [0.717, 1.165) is 16.6 Å². The Morgan fingerprint density at radius 2 is 1.88 bits per heavy atom. The van der Waals surface area contributed by atoms with Gasteiger partial charge in [0.15, 0.2) is 5.65 Å². The van der Waals surface area contributed by atoms with Crippen molar-refractivity contribution < 1.29 is 9.53 Å². The highest BCUT2D eigenvalue weighted by molar-refractivity contribution is 5.96. The molecule has 2 aromatic heterocycles. The molecule has 0 N–H and O–H groups in total. The van der Waals surface area contributed by atoms with E-state index in [1.165, 1.54) is 0 Å². The highest BCUT2D eigenvalue weighted by Gasteiger charge is 2.27. The van der Waals surface area contributed by atoms with Crippen molar-refractivity contribution in [1.29, 1.82) is 0 Å². The summed E-state index contributed by atoms with van der Waals surface area (Å²) in [6, 6.07) is 12.0. The molecule has 1 fully saturated rings. The largest absolute Gasteiger partial charge is 0.372 e. The van der Waals surface area contributed by atoms with E-state index in [4.69, 9.17) is 4.74 Å². The van der Waals surface area contributed by atoms with Gasteiger partial charge in [-0.25, -0.2) is 9.67 Å². The molecule has 0 radical (unpaired) electrons. The van der Waals surface area contributed by atoms with Crippen LogP contribution in [0.1, 0.15) is 29.8 Å². The van der Waals surface area contributed by atoms with Crippen LogP contribution >= 0.6 is 0 Å². The third kappa shape index (κ3) is 3.32. The van der Waals surface area contributed by atoms with Crippen LogP contribution in [0, 0.1) is 0 Å². The first-order valence-electron chi connectivity index (χ1n) is 8.90. The number of amides is 1. The number of aromatic nitrogens is 3. The fourth-order valence-corrected chi connectivity index (χ4v) is 3.49. The van der Waals surface area contributed by atoms with Crippen LogP contribution in [0.25, 0.3) is 11.0 Å². The Morgan fingerprint density at radius 3 is 2.62 bits per heavy atom. The first-order chi connectivity index (χ1) is 12.6. The van der Waals surface area contributed by atoms with E-state index < -0.39 is 0 Å². The number of fused-ring (bicyclic) bond motifs is 1. The number of hydrogen-bond acceptors (Lipinski definition) is 4. The molecule has 0 unspecified atom stereocenters. The molecule has 1 aliphatic heterocycles. The van der Waals surface area contributed by atoms with Crippen LogP contribution in [0.4, 0.5) is 0 Å². The van der Waals surface area contributed by atoms with Gasteiger partial charge in [0.2, 0.25) is 0 Å². The SMILES string of the molecule is C[C@H]1CN(C(=O)c2cnc3c(cnn3Cc3ccccc3)c2)C[C@H](C)O1. The second-order valence-corrected chi connectivity index (χ2v) is 6.89. The van der Waals surface area contributed by atoms with Crippen LogP contribution in [-0.4, -0.2) is 50.9 Å². The number of morpholine rings is 1. The first kappa shape index (κ1) is 16.7. The van der Waals surface area contributed by atoms with E-state index >= 15 is 0 Å². The van der Waals surface area contributed by atoms with E-state index in [0.29, 0.717) is 25.2 Å². The van der Waals surface area contributed by atoms with Gasteiger partial charge in [-0.15, -0.1) is 0 Å². The van der Waals surface area contributed by atoms with Crippen molar-refractivity contribution in [1.82, 2.24) is 19.7 Å². The molecule has 0 spiro atoms. The van der Waals surface area contributed by atoms with Crippen LogP contribution in [0.2, 0.25) is 0 Å². The lowest BCUT2D eigenvalue weighted by Crippen LogP contribution is -2.48. The molecular weight excluding hydrogens is 328 g/mol. The summed E-state index contributed by atoms with van der Waals surface area (Å²) < 4.78 is 7.57. The molecule has 3 heterocycles. The topological polar surface area (TPSA) is 60.2 Å². The zero-order valence-corrected chi connectivity index (χ0v) is 15.0. The van der Waals surface area contributed by atoms with E-state index in [1.807, 2.05) is 47.7 Å². The molecule has 134 valence electrons. The average molecular weight is 350 g/mol. The molecule has 1 saturated heterocycles. The standard InChI is InChI=1S/C20H22N4O2/c1-14-11-23(12-15(2)26-14)20(25)18-8-17-10-22-24(19(17)21-9-18)13-16-6-4-3-5-7-16/h3-10,14-15H,11-13H2,1-2H3/t14-,15-/m0/s1. The van der Waals surface area contributed by atoms with E-state index in [9.17, 15) is 4.79 Å². The average Bonchev–Trinajstić information content (AvgIpc) is 3.03. The van der Waals surface area contributed by atoms with Crippen LogP contribution in [-0.2, 0) is 11.3 Å². The fraction of sp³-hybridized carbons (Fsp3) is 0.350. The molecule has 2 atom stereocenters. The lowest BCUT2D eigenvalue weighted by atomic mass is 10.1. The third-order valence-electron chi connectivity index (χ3n) is 4.60. The number of pyridine rings is 1. The van der Waals surface area contributed by atoms with Crippen molar-refractivity contribution in [2.75, 3.05) is 13.1 Å². The van der Waals surface area contributed by atoms with Crippen LogP contribution in [0.15, 0.2) is 48.8 Å². The molecule has 4 rings (SSSR count). The Morgan fingerprint density at radius 1 is 1.15 bits per heavy atom. The number of rotatable bonds is 3. The summed E-state index contributed by atoms with van der Waals surface area (Å²) in [7, 11) is 0. The molecule has 0 aliphatic carbocycles. The van der Waals surface area contributed by atoms with Crippen LogP contribution in [0.3, 0.4) is 0 Å². The third-order valence-corrected chi connectivity index (χ3v) is 4.60. The highest BCUT2D eigenvalue weighted by Crippen LogP contribution is 2.18. The molecule has 0 saturated carbocycles. The molecule has 1 amide bonds. The number of hydrogen-bond donors (Lipinski definition) is 0. The summed E-state index contributed by atoms with van der Waals surface area (Å²) in [5, 5.41) is 5.31. The van der Waals surface area contributed by atoms with Crippen molar-refractivity contribution in [3.63, 3.8) is 0 Å². The van der Waals surface area contributed by atoms with Crippen molar-refractivity contribution >= 4 is 16.9 Å². The van der Waals surface area contributed by atoms with Gasteiger partial charge < -0.3 is 9.64 Å². The maximum Gasteiger partial charge on any atom is 0.255 e. The number of ether oxygens (including phenoxy) is 1. The molecule has 1 aliphatic rings. The van der Waals surface area contributed by atoms with Crippen molar-refractivity contribution in [2.45, 2.75) is 32.6 Å². The van der Waals surface area contributed by atoms with E-state index in [1.54, 1.807) is 12.4 Å². The number of carbonyl (C=O) groups excluding carboxylic acids is 1. The van der Waals surface area contributed by atoms with Crippen LogP contribution < -0.4 is 0 Å². The van der Waals surface area contributed by atoms with Crippen molar-refractivity contribution in [3.8, 4) is 0 Å². The zero-order valence-electron chi connectivity index (χ0n) is 15.0. The molecule has 1 aromatic carbocycles. The van der Waals surface area contributed by atoms with E-state index in [-0.39, 0.29) is 18.1 Å². The maximum absolute atomic E-state index is 12.8. The molecule has 26 heavy (non-hydrogen) atoms. The minimum Gasteiger partial charge on any atom is -0.372 e. The number of carbonyl (C=O) groups is 1. The van der Waals surface area contributed by atoms with Gasteiger partial charge in [0, 0.05) is 24.7 Å². The molecule has 0 bridgehead atoms. The summed E-state index contributed by atoms with van der Waals surface area (Å²) in [5.74, 6) is -0.00258. The Hall–Kier alpha value is -2.73. The lowest BCUT2D eigenvalue weighted by molar-refractivity contribution is -0.0586. The highest BCUT2D eigenvalue weighted by atomic mass is 16.5. The maximum atomic E-state index is 12.8. The van der Waals surface area contributed by atoms with Gasteiger partial charge in [0.1, 0.15) is 0 Å². The van der Waals surface area contributed by atoms with Gasteiger partial charge in [-0.1, -0.05) is 30.3 Å². The van der Waals surface area contributed by atoms with E-state index in [2.05, 4.69) is 22.2 Å². The van der Waals surface area contributed by atoms with Gasteiger partial charge in [-0.05, 0) is 25.5 Å². The smallest absolute Gasteiger partial charge is 0.255 e. The van der Waals surface area contributed by atoms with Gasteiger partial charge in [-0.3, -0.25) is 4.79 Å². The molecule has 3 aromatic rings. The fourth-order valence-electron chi connectivity index (χ4n) is 3.49. The minimum atomic E-state index is -0.00258. The predicted octanol–water partition coefficient (Wildman–Crippen LogP) is 2.73. The first-order valence-corrected chi connectivity index (χ1v) is 8.90. The molecule has 6 nitrogen and oxygen atoms in total. The minimum absolute atomic E-state index is 0.00258. The molecule has 6 heteroatoms. The second kappa shape index (κ2) is 6.88. The predicted molar refractivity (Wildman–Crippen MR) is 99.0 cm³/mol. The monoisotopic (exact) mass is 350 g/mol. The summed E-state index contributed by atoms with van der Waals surface area (Å²) in [4.78, 5) is 19.2. The Labute approximate surface area is 152 Å². The second-order valence-electron chi connectivity index (χ2n) is 6.89. The van der Waals surface area contributed by atoms with Crippen molar-refractivity contribution in [3.05, 3.63) is 59.9 Å². The van der Waals surface area contributed by atoms with Gasteiger partial charge in [0.05, 0.1) is 30.5 Å². The van der Waals surface area contributed by atoms with Crippen LogP contribution in [0.5, 0.6) is 0 Å². The summed E-state index contributed by atoms with van der Waals surface area (Å²) in [6.45, 7) is 5.85. The number of nitrogens with zero attached hydrogens (tertiary/aromatic N) is 4. The number of benzene rings is 1. The summed E-state index contributed by atoms with van der Waals surface area (Å²) in [5.41, 5.74) is 2.54. The summed E-state index contributed by atoms with van der Waals surface area (Å²) >= 11 is 0. The Bertz CT molecular complexity index is 912. The normalized spacial score (nSPS) is 20.5. The van der Waals surface area contributed by atoms with Gasteiger partial charge in [-0.2, -0.15) is 5.10 Å². The van der Waals surface area contributed by atoms with Crippen molar-refractivity contribution in [2.24, 2.45) is 0 Å². The summed E-state index contributed by atoms with van der Waals surface area (Å²) in [6.07, 6.45) is 3.52. The Kier molecular flexibility index (Phi) is 4.42. The van der Waals surface area contributed by atoms with Gasteiger partial charge in [0.25, 0.3) is 5.91 Å².